The van der Waals surface area contributed by atoms with Crippen molar-refractivity contribution in [3.05, 3.63) is 29.8 Å². The highest BCUT2D eigenvalue weighted by atomic mass is 16.6. The molecule has 1 rings (SSSR count). The van der Waals surface area contributed by atoms with Crippen molar-refractivity contribution in [1.29, 1.82) is 0 Å². The molecule has 0 aliphatic rings. The standard InChI is InChI=1S/C16H25N3O4/c1-12(2)22-10-15(17)19-23-11-16(20)18-9-8-13-4-6-14(21-3)7-5-13/h4-7,12H,8-11H2,1-3H3,(H2,17,19)(H,18,20). The molecule has 0 unspecified atom stereocenters. The zero-order chi connectivity index (χ0) is 17.1. The second-order valence-corrected chi connectivity index (χ2v) is 5.16. The molecule has 0 aliphatic carbocycles. The van der Waals surface area contributed by atoms with Crippen LogP contribution in [-0.4, -0.2) is 44.7 Å². The lowest BCUT2D eigenvalue weighted by Gasteiger charge is -2.07. The van der Waals surface area contributed by atoms with Crippen LogP contribution < -0.4 is 15.8 Å². The number of carbonyl (C=O) groups excluding carboxylic acids is 1. The topological polar surface area (TPSA) is 95.2 Å². The molecule has 7 nitrogen and oxygen atoms in total. The van der Waals surface area contributed by atoms with Crippen LogP contribution in [-0.2, 0) is 20.8 Å². The zero-order valence-electron chi connectivity index (χ0n) is 13.9. The van der Waals surface area contributed by atoms with Gasteiger partial charge in [0, 0.05) is 6.54 Å². The van der Waals surface area contributed by atoms with Gasteiger partial charge in [0.2, 0.25) is 0 Å². The van der Waals surface area contributed by atoms with Crippen molar-refractivity contribution in [3.8, 4) is 5.75 Å². The minimum Gasteiger partial charge on any atom is -0.497 e. The number of oxime groups is 1. The van der Waals surface area contributed by atoms with Crippen LogP contribution in [0.3, 0.4) is 0 Å². The SMILES string of the molecule is COc1ccc(CCNC(=O)CO/N=C(/N)COC(C)C)cc1. The van der Waals surface area contributed by atoms with E-state index >= 15 is 0 Å². The van der Waals surface area contributed by atoms with Gasteiger partial charge in [-0.15, -0.1) is 0 Å². The van der Waals surface area contributed by atoms with E-state index in [4.69, 9.17) is 20.0 Å². The molecule has 128 valence electrons. The Bertz CT molecular complexity index is 501. The molecule has 1 aromatic rings. The number of amidine groups is 1. The van der Waals surface area contributed by atoms with E-state index in [1.54, 1.807) is 7.11 Å². The Balaban J connectivity index is 2.17. The summed E-state index contributed by atoms with van der Waals surface area (Å²) < 4.78 is 10.3. The van der Waals surface area contributed by atoms with Crippen molar-refractivity contribution in [2.45, 2.75) is 26.4 Å². The van der Waals surface area contributed by atoms with Gasteiger partial charge < -0.3 is 25.4 Å². The summed E-state index contributed by atoms with van der Waals surface area (Å²) in [5, 5.41) is 6.36. The minimum absolute atomic E-state index is 0.0602. The Morgan fingerprint density at radius 2 is 1.96 bits per heavy atom. The summed E-state index contributed by atoms with van der Waals surface area (Å²) in [6.45, 7) is 4.31. The Hall–Kier alpha value is -2.28. The first-order chi connectivity index (χ1) is 11.0. The molecule has 1 aromatic carbocycles. The van der Waals surface area contributed by atoms with Crippen molar-refractivity contribution in [2.24, 2.45) is 10.9 Å². The summed E-state index contributed by atoms with van der Waals surface area (Å²) in [6, 6.07) is 7.69. The number of carbonyl (C=O) groups is 1. The number of methoxy groups -OCH3 is 1. The number of benzene rings is 1. The molecule has 3 N–H and O–H groups in total. The van der Waals surface area contributed by atoms with Gasteiger partial charge >= 0.3 is 0 Å². The van der Waals surface area contributed by atoms with E-state index in [2.05, 4.69) is 10.5 Å². The molecule has 0 atom stereocenters. The molecule has 23 heavy (non-hydrogen) atoms. The van der Waals surface area contributed by atoms with E-state index in [0.717, 1.165) is 17.7 Å². The van der Waals surface area contributed by atoms with Gasteiger partial charge in [-0.3, -0.25) is 4.79 Å². The number of nitrogens with zero attached hydrogens (tertiary/aromatic N) is 1. The second-order valence-electron chi connectivity index (χ2n) is 5.16. The number of amides is 1. The third-order valence-corrected chi connectivity index (χ3v) is 2.84. The summed E-state index contributed by atoms with van der Waals surface area (Å²) in [6.07, 6.45) is 0.786. The summed E-state index contributed by atoms with van der Waals surface area (Å²) in [4.78, 5) is 16.5. The Morgan fingerprint density at radius 1 is 1.26 bits per heavy atom. The summed E-state index contributed by atoms with van der Waals surface area (Å²) in [5.41, 5.74) is 6.68. The predicted molar refractivity (Wildman–Crippen MR) is 88.4 cm³/mol. The van der Waals surface area contributed by atoms with Crippen LogP contribution in [0.2, 0.25) is 0 Å². The van der Waals surface area contributed by atoms with Crippen molar-refractivity contribution >= 4 is 11.7 Å². The summed E-state index contributed by atoms with van der Waals surface area (Å²) in [7, 11) is 1.62. The Kier molecular flexibility index (Phi) is 8.52. The lowest BCUT2D eigenvalue weighted by molar-refractivity contribution is -0.125. The van der Waals surface area contributed by atoms with Crippen LogP contribution in [0.5, 0.6) is 5.75 Å². The molecule has 0 aromatic heterocycles. The van der Waals surface area contributed by atoms with Gasteiger partial charge in [-0.2, -0.15) is 0 Å². The normalized spacial score (nSPS) is 11.4. The lowest BCUT2D eigenvalue weighted by Crippen LogP contribution is -2.29. The van der Waals surface area contributed by atoms with Crippen LogP contribution in [0, 0.1) is 0 Å². The fourth-order valence-electron chi connectivity index (χ4n) is 1.64. The van der Waals surface area contributed by atoms with Gasteiger partial charge in [0.05, 0.1) is 13.2 Å². The number of rotatable bonds is 10. The van der Waals surface area contributed by atoms with Gasteiger partial charge in [0.15, 0.2) is 12.4 Å². The fraction of sp³-hybridized carbons (Fsp3) is 0.500. The van der Waals surface area contributed by atoms with E-state index < -0.39 is 0 Å². The smallest absolute Gasteiger partial charge is 0.260 e. The zero-order valence-corrected chi connectivity index (χ0v) is 13.9. The third-order valence-electron chi connectivity index (χ3n) is 2.84. The number of ether oxygens (including phenoxy) is 2. The quantitative estimate of drug-likeness (QED) is 0.381. The molecule has 0 spiro atoms. The maximum absolute atomic E-state index is 11.6. The van der Waals surface area contributed by atoms with E-state index in [1.807, 2.05) is 38.1 Å². The highest BCUT2D eigenvalue weighted by Crippen LogP contribution is 2.11. The first kappa shape index (κ1) is 18.8. The molecule has 0 aliphatic heterocycles. The highest BCUT2D eigenvalue weighted by molar-refractivity contribution is 5.81. The minimum atomic E-state index is -0.250. The van der Waals surface area contributed by atoms with Crippen molar-refractivity contribution in [2.75, 3.05) is 26.9 Å². The molecule has 0 bridgehead atoms. The van der Waals surface area contributed by atoms with Gasteiger partial charge in [0.25, 0.3) is 5.91 Å². The molecule has 0 fully saturated rings. The van der Waals surface area contributed by atoms with Gasteiger partial charge in [-0.1, -0.05) is 17.3 Å². The van der Waals surface area contributed by atoms with Crippen molar-refractivity contribution in [3.63, 3.8) is 0 Å². The van der Waals surface area contributed by atoms with Crippen LogP contribution in [0.25, 0.3) is 0 Å². The average molecular weight is 323 g/mol. The Labute approximate surface area is 136 Å². The third kappa shape index (κ3) is 8.67. The maximum Gasteiger partial charge on any atom is 0.260 e. The molecule has 0 radical (unpaired) electrons. The molecular formula is C16H25N3O4. The lowest BCUT2D eigenvalue weighted by atomic mass is 10.1. The first-order valence-corrected chi connectivity index (χ1v) is 7.46. The van der Waals surface area contributed by atoms with Crippen LogP contribution >= 0.6 is 0 Å². The Morgan fingerprint density at radius 3 is 2.57 bits per heavy atom. The number of hydrogen-bond donors (Lipinski definition) is 2. The maximum atomic E-state index is 11.6. The highest BCUT2D eigenvalue weighted by Gasteiger charge is 2.03. The van der Waals surface area contributed by atoms with Crippen molar-refractivity contribution < 1.29 is 19.1 Å². The second kappa shape index (κ2) is 10.4. The molecule has 1 amide bonds. The largest absolute Gasteiger partial charge is 0.497 e. The first-order valence-electron chi connectivity index (χ1n) is 7.46. The van der Waals surface area contributed by atoms with Crippen LogP contribution in [0.1, 0.15) is 19.4 Å². The van der Waals surface area contributed by atoms with Crippen LogP contribution in [0.15, 0.2) is 29.4 Å². The van der Waals surface area contributed by atoms with Crippen molar-refractivity contribution in [1.82, 2.24) is 5.32 Å². The average Bonchev–Trinajstić information content (AvgIpc) is 2.53. The van der Waals surface area contributed by atoms with Gasteiger partial charge in [-0.25, -0.2) is 0 Å². The monoisotopic (exact) mass is 323 g/mol. The van der Waals surface area contributed by atoms with Gasteiger partial charge in [-0.05, 0) is 38.0 Å². The van der Waals surface area contributed by atoms with E-state index in [1.165, 1.54) is 0 Å². The van der Waals surface area contributed by atoms with E-state index in [9.17, 15) is 4.79 Å². The summed E-state index contributed by atoms with van der Waals surface area (Å²) >= 11 is 0. The summed E-state index contributed by atoms with van der Waals surface area (Å²) in [5.74, 6) is 0.757. The number of nitrogens with one attached hydrogen (secondary N) is 1. The number of nitrogens with two attached hydrogens (primary N) is 1. The number of hydrogen-bond acceptors (Lipinski definition) is 5. The molecule has 7 heteroatoms. The van der Waals surface area contributed by atoms with E-state index in [0.29, 0.717) is 6.54 Å². The molecule has 0 heterocycles. The molecular weight excluding hydrogens is 298 g/mol. The fourth-order valence-corrected chi connectivity index (χ4v) is 1.64. The van der Waals surface area contributed by atoms with Crippen LogP contribution in [0.4, 0.5) is 0 Å². The van der Waals surface area contributed by atoms with Gasteiger partial charge in [0.1, 0.15) is 12.4 Å². The predicted octanol–water partition coefficient (Wildman–Crippen LogP) is 1.07. The van der Waals surface area contributed by atoms with E-state index in [-0.39, 0.29) is 31.1 Å². The molecule has 0 saturated carbocycles. The molecule has 0 saturated heterocycles.